The summed E-state index contributed by atoms with van der Waals surface area (Å²) in [6.45, 7) is 3.71. The smallest absolute Gasteiger partial charge is 0.358 e. The van der Waals surface area contributed by atoms with Crippen LogP contribution in [-0.4, -0.2) is 26.6 Å². The Hall–Kier alpha value is -2.09. The van der Waals surface area contributed by atoms with Gasteiger partial charge in [0.1, 0.15) is 0 Å². The molecule has 0 aliphatic rings. The van der Waals surface area contributed by atoms with Gasteiger partial charge in [0.25, 0.3) is 0 Å². The topological polar surface area (TPSA) is 75.1 Å². The van der Waals surface area contributed by atoms with Gasteiger partial charge < -0.3 is 10.4 Å². The number of rotatable bonds is 4. The highest BCUT2D eigenvalue weighted by Gasteiger charge is 2.22. The Morgan fingerprint density at radius 3 is 2.75 bits per heavy atom. The molecule has 0 radical (unpaired) electrons. The molecule has 0 spiro atoms. The Labute approximate surface area is 93.9 Å². The van der Waals surface area contributed by atoms with Crippen molar-refractivity contribution in [2.75, 3.05) is 5.32 Å². The van der Waals surface area contributed by atoms with E-state index in [1.165, 1.54) is 12.4 Å². The quantitative estimate of drug-likeness (QED) is 0.748. The van der Waals surface area contributed by atoms with Crippen molar-refractivity contribution in [3.8, 4) is 12.3 Å². The van der Waals surface area contributed by atoms with Gasteiger partial charge in [-0.2, -0.15) is 0 Å². The number of carboxylic acids is 1. The first kappa shape index (κ1) is 12.0. The van der Waals surface area contributed by atoms with E-state index in [-0.39, 0.29) is 11.5 Å². The summed E-state index contributed by atoms with van der Waals surface area (Å²) in [7, 11) is 0. The number of anilines is 1. The summed E-state index contributed by atoms with van der Waals surface area (Å²) >= 11 is 0. The van der Waals surface area contributed by atoms with Crippen molar-refractivity contribution < 1.29 is 9.90 Å². The molecule has 16 heavy (non-hydrogen) atoms. The molecule has 0 aromatic carbocycles. The molecule has 1 rings (SSSR count). The molecular weight excluding hydrogens is 206 g/mol. The minimum atomic E-state index is -1.13. The standard InChI is InChI=1S/C11H13N3O2/c1-4-11(3,5-2)14-9-8(10(15)16)12-6-7-13-9/h1,6-7H,5H2,2-3H3,(H,13,14)(H,15,16). The second-order valence-electron chi connectivity index (χ2n) is 3.51. The van der Waals surface area contributed by atoms with Gasteiger partial charge in [0.05, 0.1) is 5.54 Å². The van der Waals surface area contributed by atoms with E-state index in [2.05, 4.69) is 21.2 Å². The molecule has 1 aromatic heterocycles. The highest BCUT2D eigenvalue weighted by molar-refractivity contribution is 5.90. The number of carbonyl (C=O) groups is 1. The van der Waals surface area contributed by atoms with Gasteiger partial charge in [-0.05, 0) is 13.3 Å². The Morgan fingerprint density at radius 1 is 1.62 bits per heavy atom. The van der Waals surface area contributed by atoms with Crippen LogP contribution in [0.3, 0.4) is 0 Å². The largest absolute Gasteiger partial charge is 0.476 e. The van der Waals surface area contributed by atoms with E-state index >= 15 is 0 Å². The molecule has 0 saturated carbocycles. The fourth-order valence-electron chi connectivity index (χ4n) is 1.07. The summed E-state index contributed by atoms with van der Waals surface area (Å²) in [5.41, 5.74) is -0.752. The number of aromatic carboxylic acids is 1. The fourth-order valence-corrected chi connectivity index (χ4v) is 1.07. The van der Waals surface area contributed by atoms with Gasteiger partial charge in [0.15, 0.2) is 11.5 Å². The third kappa shape index (κ3) is 2.48. The molecule has 0 amide bonds. The third-order valence-corrected chi connectivity index (χ3v) is 2.32. The predicted octanol–water partition coefficient (Wildman–Crippen LogP) is 1.39. The lowest BCUT2D eigenvalue weighted by molar-refractivity contribution is 0.0691. The van der Waals surface area contributed by atoms with Crippen LogP contribution in [0.4, 0.5) is 5.82 Å². The Bertz CT molecular complexity index is 439. The van der Waals surface area contributed by atoms with Gasteiger partial charge in [0, 0.05) is 12.4 Å². The average Bonchev–Trinajstić information content (AvgIpc) is 2.29. The molecule has 0 saturated heterocycles. The lowest BCUT2D eigenvalue weighted by Crippen LogP contribution is -2.33. The number of carboxylic acid groups (broad SMARTS) is 1. The van der Waals surface area contributed by atoms with E-state index in [4.69, 9.17) is 11.5 Å². The molecule has 0 aliphatic carbocycles. The van der Waals surface area contributed by atoms with E-state index < -0.39 is 11.5 Å². The van der Waals surface area contributed by atoms with Gasteiger partial charge in [0.2, 0.25) is 0 Å². The van der Waals surface area contributed by atoms with Crippen molar-refractivity contribution >= 4 is 11.8 Å². The average molecular weight is 219 g/mol. The maximum absolute atomic E-state index is 10.9. The van der Waals surface area contributed by atoms with Gasteiger partial charge in [-0.1, -0.05) is 12.8 Å². The first-order valence-electron chi connectivity index (χ1n) is 4.82. The summed E-state index contributed by atoms with van der Waals surface area (Å²) in [5, 5.41) is 11.8. The van der Waals surface area contributed by atoms with E-state index in [1.54, 1.807) is 6.92 Å². The molecule has 5 heteroatoms. The normalized spacial score (nSPS) is 13.6. The monoisotopic (exact) mass is 219 g/mol. The van der Waals surface area contributed by atoms with Gasteiger partial charge in [-0.15, -0.1) is 6.42 Å². The van der Waals surface area contributed by atoms with Crippen LogP contribution in [0.5, 0.6) is 0 Å². The lowest BCUT2D eigenvalue weighted by atomic mass is 10.0. The zero-order valence-corrected chi connectivity index (χ0v) is 9.19. The minimum Gasteiger partial charge on any atom is -0.476 e. The van der Waals surface area contributed by atoms with Crippen LogP contribution in [0.2, 0.25) is 0 Å². The van der Waals surface area contributed by atoms with E-state index in [0.717, 1.165) is 0 Å². The number of nitrogens with zero attached hydrogens (tertiary/aromatic N) is 2. The van der Waals surface area contributed by atoms with Gasteiger partial charge in [-0.25, -0.2) is 14.8 Å². The fraction of sp³-hybridized carbons (Fsp3) is 0.364. The molecule has 0 aliphatic heterocycles. The van der Waals surface area contributed by atoms with Crippen molar-refractivity contribution in [2.45, 2.75) is 25.8 Å². The molecule has 1 atom stereocenters. The first-order chi connectivity index (χ1) is 7.52. The second-order valence-corrected chi connectivity index (χ2v) is 3.51. The molecule has 1 heterocycles. The number of terminal acetylenes is 1. The molecule has 1 unspecified atom stereocenters. The van der Waals surface area contributed by atoms with Crippen molar-refractivity contribution in [2.24, 2.45) is 0 Å². The van der Waals surface area contributed by atoms with Crippen LogP contribution in [0.25, 0.3) is 0 Å². The van der Waals surface area contributed by atoms with E-state index in [0.29, 0.717) is 6.42 Å². The molecule has 0 fully saturated rings. The summed E-state index contributed by atoms with van der Waals surface area (Å²) in [4.78, 5) is 18.6. The number of aromatic nitrogens is 2. The summed E-state index contributed by atoms with van der Waals surface area (Å²) in [5.74, 6) is 1.63. The number of nitrogens with one attached hydrogen (secondary N) is 1. The molecular formula is C11H13N3O2. The van der Waals surface area contributed by atoms with Crippen molar-refractivity contribution in [3.05, 3.63) is 18.1 Å². The lowest BCUT2D eigenvalue weighted by Gasteiger charge is -2.24. The molecule has 5 nitrogen and oxygen atoms in total. The van der Waals surface area contributed by atoms with Crippen LogP contribution >= 0.6 is 0 Å². The first-order valence-corrected chi connectivity index (χ1v) is 4.82. The van der Waals surface area contributed by atoms with Crippen LogP contribution in [-0.2, 0) is 0 Å². The Kier molecular flexibility index (Phi) is 3.46. The van der Waals surface area contributed by atoms with Crippen molar-refractivity contribution in [3.63, 3.8) is 0 Å². The zero-order valence-electron chi connectivity index (χ0n) is 9.19. The van der Waals surface area contributed by atoms with Gasteiger partial charge in [-0.3, -0.25) is 0 Å². The second kappa shape index (κ2) is 4.62. The molecule has 84 valence electrons. The van der Waals surface area contributed by atoms with Crippen LogP contribution in [0.1, 0.15) is 30.8 Å². The maximum atomic E-state index is 10.9. The summed E-state index contributed by atoms with van der Waals surface area (Å²) in [6.07, 6.45) is 8.78. The van der Waals surface area contributed by atoms with Crippen molar-refractivity contribution in [1.29, 1.82) is 0 Å². The Balaban J connectivity index is 3.07. The van der Waals surface area contributed by atoms with E-state index in [1.807, 2.05) is 6.92 Å². The Morgan fingerprint density at radius 2 is 2.25 bits per heavy atom. The summed E-state index contributed by atoms with van der Waals surface area (Å²) in [6, 6.07) is 0. The third-order valence-electron chi connectivity index (χ3n) is 2.32. The number of hydrogen-bond donors (Lipinski definition) is 2. The highest BCUT2D eigenvalue weighted by Crippen LogP contribution is 2.17. The van der Waals surface area contributed by atoms with Gasteiger partial charge >= 0.3 is 5.97 Å². The molecule has 1 aromatic rings. The van der Waals surface area contributed by atoms with Crippen molar-refractivity contribution in [1.82, 2.24) is 9.97 Å². The highest BCUT2D eigenvalue weighted by atomic mass is 16.4. The molecule has 0 bridgehead atoms. The number of hydrogen-bond acceptors (Lipinski definition) is 4. The SMILES string of the molecule is C#CC(C)(CC)Nc1nccnc1C(=O)O. The van der Waals surface area contributed by atoms with Crippen LogP contribution in [0, 0.1) is 12.3 Å². The maximum Gasteiger partial charge on any atom is 0.358 e. The zero-order chi connectivity index (χ0) is 12.2. The van der Waals surface area contributed by atoms with E-state index in [9.17, 15) is 4.79 Å². The molecule has 2 N–H and O–H groups in total. The summed E-state index contributed by atoms with van der Waals surface area (Å²) < 4.78 is 0. The minimum absolute atomic E-state index is 0.127. The van der Waals surface area contributed by atoms with Crippen LogP contribution in [0.15, 0.2) is 12.4 Å². The van der Waals surface area contributed by atoms with Crippen LogP contribution < -0.4 is 5.32 Å². The predicted molar refractivity (Wildman–Crippen MR) is 60.1 cm³/mol.